The third-order valence-electron chi connectivity index (χ3n) is 4.30. The Kier molecular flexibility index (Phi) is 7.73. The lowest BCUT2D eigenvalue weighted by Crippen LogP contribution is -2.44. The van der Waals surface area contributed by atoms with Crippen molar-refractivity contribution in [2.45, 2.75) is 38.3 Å². The van der Waals surface area contributed by atoms with Crippen molar-refractivity contribution in [2.75, 3.05) is 33.8 Å². The Bertz CT molecular complexity index is 554. The summed E-state index contributed by atoms with van der Waals surface area (Å²) in [6, 6.07) is 10.3. The Morgan fingerprint density at radius 1 is 1.32 bits per heavy atom. The number of aliphatic imine (C=N–C) groups is 1. The second-order valence-electron chi connectivity index (χ2n) is 6.60. The van der Waals surface area contributed by atoms with Crippen molar-refractivity contribution in [1.82, 2.24) is 15.5 Å². The maximum atomic E-state index is 11.8. The molecule has 2 atom stereocenters. The summed E-state index contributed by atoms with van der Waals surface area (Å²) in [5.74, 6) is 0.614. The fourth-order valence-electron chi connectivity index (χ4n) is 2.65. The Morgan fingerprint density at radius 2 is 2.08 bits per heavy atom. The maximum Gasteiger partial charge on any atom is 0.243 e. The van der Waals surface area contributed by atoms with Crippen molar-refractivity contribution in [3.8, 4) is 0 Å². The van der Waals surface area contributed by atoms with E-state index < -0.39 is 0 Å². The highest BCUT2D eigenvalue weighted by atomic mass is 16.5. The minimum Gasteiger partial charge on any atom is -0.376 e. The van der Waals surface area contributed by atoms with E-state index in [2.05, 4.69) is 34.7 Å². The zero-order chi connectivity index (χ0) is 18.1. The van der Waals surface area contributed by atoms with Gasteiger partial charge in [-0.3, -0.25) is 4.79 Å². The molecule has 25 heavy (non-hydrogen) atoms. The Morgan fingerprint density at radius 3 is 2.72 bits per heavy atom. The number of carbonyl (C=O) groups excluding carboxylic acids is 1. The molecule has 138 valence electrons. The zero-order valence-electron chi connectivity index (χ0n) is 15.5. The van der Waals surface area contributed by atoms with Gasteiger partial charge < -0.3 is 20.3 Å². The van der Waals surface area contributed by atoms with Crippen molar-refractivity contribution in [3.05, 3.63) is 35.9 Å². The molecule has 2 rings (SSSR count). The van der Waals surface area contributed by atoms with Gasteiger partial charge in [0.25, 0.3) is 0 Å². The van der Waals surface area contributed by atoms with E-state index in [1.807, 2.05) is 18.2 Å². The van der Waals surface area contributed by atoms with Crippen molar-refractivity contribution in [3.63, 3.8) is 0 Å². The molecule has 0 aliphatic carbocycles. The monoisotopic (exact) mass is 346 g/mol. The van der Waals surface area contributed by atoms with Gasteiger partial charge in [0.1, 0.15) is 6.54 Å². The van der Waals surface area contributed by atoms with Crippen LogP contribution in [0.25, 0.3) is 0 Å². The number of benzene rings is 1. The molecule has 1 aromatic rings. The van der Waals surface area contributed by atoms with Crippen LogP contribution in [0.3, 0.4) is 0 Å². The maximum absolute atomic E-state index is 11.8. The van der Waals surface area contributed by atoms with E-state index in [9.17, 15) is 4.79 Å². The molecule has 1 saturated heterocycles. The third kappa shape index (κ3) is 6.74. The van der Waals surface area contributed by atoms with Gasteiger partial charge in [0.05, 0.1) is 12.1 Å². The molecular weight excluding hydrogens is 316 g/mol. The zero-order valence-corrected chi connectivity index (χ0v) is 15.5. The molecule has 1 amide bonds. The van der Waals surface area contributed by atoms with E-state index in [-0.39, 0.29) is 24.6 Å². The molecule has 2 unspecified atom stereocenters. The fourth-order valence-corrected chi connectivity index (χ4v) is 2.65. The molecule has 1 fully saturated rings. The van der Waals surface area contributed by atoms with E-state index in [0.717, 1.165) is 19.4 Å². The number of rotatable bonds is 6. The molecule has 0 aromatic heterocycles. The number of amides is 1. The number of carbonyl (C=O) groups is 1. The molecule has 1 heterocycles. The summed E-state index contributed by atoms with van der Waals surface area (Å²) in [7, 11) is 3.47. The van der Waals surface area contributed by atoms with Gasteiger partial charge in [-0.25, -0.2) is 4.99 Å². The number of hydrogen-bond donors (Lipinski definition) is 2. The van der Waals surface area contributed by atoms with Crippen molar-refractivity contribution >= 4 is 11.9 Å². The molecule has 1 aliphatic heterocycles. The lowest BCUT2D eigenvalue weighted by atomic mass is 10.1. The lowest BCUT2D eigenvalue weighted by molar-refractivity contribution is -0.127. The highest BCUT2D eigenvalue weighted by molar-refractivity contribution is 5.85. The minimum atomic E-state index is -0.0256. The van der Waals surface area contributed by atoms with Crippen LogP contribution < -0.4 is 10.6 Å². The molecule has 2 N–H and O–H groups in total. The fraction of sp³-hybridized carbons (Fsp3) is 0.579. The Hall–Kier alpha value is -2.08. The van der Waals surface area contributed by atoms with E-state index in [0.29, 0.717) is 12.5 Å². The van der Waals surface area contributed by atoms with Crippen LogP contribution in [0.5, 0.6) is 0 Å². The lowest BCUT2D eigenvalue weighted by Gasteiger charge is -2.25. The van der Waals surface area contributed by atoms with Crippen LogP contribution in [0, 0.1) is 0 Å². The van der Waals surface area contributed by atoms with Gasteiger partial charge >= 0.3 is 0 Å². The van der Waals surface area contributed by atoms with Gasteiger partial charge in [-0.2, -0.15) is 0 Å². The van der Waals surface area contributed by atoms with Gasteiger partial charge in [-0.1, -0.05) is 30.3 Å². The predicted molar refractivity (Wildman–Crippen MR) is 101 cm³/mol. The van der Waals surface area contributed by atoms with Crippen LogP contribution in [-0.4, -0.2) is 56.7 Å². The van der Waals surface area contributed by atoms with E-state index in [1.165, 1.54) is 12.0 Å². The van der Waals surface area contributed by atoms with Crippen molar-refractivity contribution < 1.29 is 9.53 Å². The van der Waals surface area contributed by atoms with Gasteiger partial charge in [0.15, 0.2) is 5.96 Å². The molecule has 0 spiro atoms. The summed E-state index contributed by atoms with van der Waals surface area (Å²) < 4.78 is 5.76. The van der Waals surface area contributed by atoms with Gasteiger partial charge in [0, 0.05) is 27.2 Å². The Balaban J connectivity index is 1.97. The minimum absolute atomic E-state index is 0.0256. The van der Waals surface area contributed by atoms with Crippen LogP contribution in [0.4, 0.5) is 0 Å². The first-order valence-electron chi connectivity index (χ1n) is 8.98. The SMILES string of the molecule is CC(NC(=NCC(=O)N(C)C)NCC1CCCCO1)c1ccccc1. The van der Waals surface area contributed by atoms with Gasteiger partial charge in [0.2, 0.25) is 5.91 Å². The topological polar surface area (TPSA) is 66.0 Å². The molecule has 1 aliphatic rings. The van der Waals surface area contributed by atoms with E-state index in [1.54, 1.807) is 19.0 Å². The standard InChI is InChI=1S/C19H30N4O2/c1-15(16-9-5-4-6-10-16)22-19(21-14-18(24)23(2)3)20-13-17-11-7-8-12-25-17/h4-6,9-10,15,17H,7-8,11-14H2,1-3H3,(H2,20,21,22). The van der Waals surface area contributed by atoms with Crippen LogP contribution in [0.15, 0.2) is 35.3 Å². The highest BCUT2D eigenvalue weighted by Crippen LogP contribution is 2.12. The summed E-state index contributed by atoms with van der Waals surface area (Å²) in [6.45, 7) is 3.72. The first-order valence-corrected chi connectivity index (χ1v) is 8.98. The van der Waals surface area contributed by atoms with Gasteiger partial charge in [-0.05, 0) is 31.7 Å². The smallest absolute Gasteiger partial charge is 0.243 e. The molecule has 0 radical (unpaired) electrons. The Labute approximate surface area is 150 Å². The molecule has 0 bridgehead atoms. The average Bonchev–Trinajstić information content (AvgIpc) is 2.65. The molecule has 0 saturated carbocycles. The number of hydrogen-bond acceptors (Lipinski definition) is 3. The van der Waals surface area contributed by atoms with Crippen LogP contribution in [-0.2, 0) is 9.53 Å². The van der Waals surface area contributed by atoms with Crippen LogP contribution in [0.1, 0.15) is 37.8 Å². The number of likely N-dealkylation sites (N-methyl/N-ethyl adjacent to an activating group) is 1. The number of guanidine groups is 1. The second-order valence-corrected chi connectivity index (χ2v) is 6.60. The van der Waals surface area contributed by atoms with Crippen molar-refractivity contribution in [1.29, 1.82) is 0 Å². The predicted octanol–water partition coefficient (Wildman–Crippen LogP) is 1.94. The first kappa shape index (κ1) is 19.2. The summed E-state index contributed by atoms with van der Waals surface area (Å²) in [5, 5.41) is 6.71. The van der Waals surface area contributed by atoms with E-state index in [4.69, 9.17) is 4.74 Å². The third-order valence-corrected chi connectivity index (χ3v) is 4.30. The highest BCUT2D eigenvalue weighted by Gasteiger charge is 2.15. The molecular formula is C19H30N4O2. The number of ether oxygens (including phenoxy) is 1. The number of nitrogens with one attached hydrogen (secondary N) is 2. The largest absolute Gasteiger partial charge is 0.376 e. The average molecular weight is 346 g/mol. The van der Waals surface area contributed by atoms with Crippen LogP contribution in [0.2, 0.25) is 0 Å². The summed E-state index contributed by atoms with van der Waals surface area (Å²) in [4.78, 5) is 17.8. The second kappa shape index (κ2) is 10.0. The first-order chi connectivity index (χ1) is 12.1. The normalized spacial score (nSPS) is 19.2. The quantitative estimate of drug-likeness (QED) is 0.610. The molecule has 1 aromatic carbocycles. The van der Waals surface area contributed by atoms with Crippen molar-refractivity contribution in [2.24, 2.45) is 4.99 Å². The summed E-state index contributed by atoms with van der Waals surface area (Å²) in [5.41, 5.74) is 1.17. The molecule has 6 heteroatoms. The van der Waals surface area contributed by atoms with Gasteiger partial charge in [-0.15, -0.1) is 0 Å². The van der Waals surface area contributed by atoms with E-state index >= 15 is 0 Å². The van der Waals surface area contributed by atoms with Crippen LogP contribution >= 0.6 is 0 Å². The summed E-state index contributed by atoms with van der Waals surface area (Å²) in [6.07, 6.45) is 3.60. The summed E-state index contributed by atoms with van der Waals surface area (Å²) >= 11 is 0. The number of nitrogens with zero attached hydrogens (tertiary/aromatic N) is 2. The molecule has 6 nitrogen and oxygen atoms in total.